The molecule has 1 aliphatic rings. The summed E-state index contributed by atoms with van der Waals surface area (Å²) >= 11 is 3.30. The van der Waals surface area contributed by atoms with Gasteiger partial charge in [0.2, 0.25) is 0 Å². The number of hydrogen-bond donors (Lipinski definition) is 1. The van der Waals surface area contributed by atoms with Crippen LogP contribution in [0, 0.1) is 15.5 Å². The Balaban J connectivity index is 2.06. The van der Waals surface area contributed by atoms with Crippen LogP contribution in [0.25, 0.3) is 0 Å². The lowest BCUT2D eigenvalue weighted by Gasteiger charge is -2.08. The Morgan fingerprint density at radius 1 is 1.59 bits per heavy atom. The van der Waals surface area contributed by atoms with Gasteiger partial charge >= 0.3 is 0 Å². The molecule has 1 aromatic rings. The highest BCUT2D eigenvalue weighted by Crippen LogP contribution is 2.44. The van der Waals surface area contributed by atoms with Crippen LogP contribution in [0.1, 0.15) is 25.8 Å². The highest BCUT2D eigenvalue weighted by Gasteiger charge is 2.45. The molecular weight excluding hydrogens is 284 g/mol. The number of nitrogens with zero attached hydrogens (tertiary/aromatic N) is 1. The Hall–Kier alpha value is -0.940. The van der Waals surface area contributed by atoms with Crippen molar-refractivity contribution in [3.8, 4) is 0 Å². The summed E-state index contributed by atoms with van der Waals surface area (Å²) in [6, 6.07) is 5.65. The molecule has 1 fully saturated rings. The van der Waals surface area contributed by atoms with Gasteiger partial charge in [-0.1, -0.05) is 26.0 Å². The number of rotatable bonds is 4. The molecule has 17 heavy (non-hydrogen) atoms. The van der Waals surface area contributed by atoms with E-state index in [1.165, 1.54) is 12.5 Å². The SMILES string of the molecule is CC1(C)CC1NCc1cccc([N+](=O)[O-])c1Br. The van der Waals surface area contributed by atoms with Gasteiger partial charge in [-0.3, -0.25) is 10.1 Å². The van der Waals surface area contributed by atoms with Crippen LogP contribution in [0.15, 0.2) is 22.7 Å². The summed E-state index contributed by atoms with van der Waals surface area (Å²) in [5.41, 5.74) is 1.42. The van der Waals surface area contributed by atoms with Gasteiger partial charge in [-0.15, -0.1) is 0 Å². The molecule has 2 rings (SSSR count). The molecule has 1 N–H and O–H groups in total. The summed E-state index contributed by atoms with van der Waals surface area (Å²) in [7, 11) is 0. The lowest BCUT2D eigenvalue weighted by Crippen LogP contribution is -2.20. The third kappa shape index (κ3) is 2.66. The van der Waals surface area contributed by atoms with Crippen molar-refractivity contribution in [2.75, 3.05) is 0 Å². The average molecular weight is 299 g/mol. The molecule has 0 aromatic heterocycles. The van der Waals surface area contributed by atoms with Gasteiger partial charge in [0.15, 0.2) is 0 Å². The third-order valence-electron chi connectivity index (χ3n) is 3.31. The first-order valence-corrected chi connectivity index (χ1v) is 6.36. The van der Waals surface area contributed by atoms with Crippen molar-refractivity contribution in [2.45, 2.75) is 32.9 Å². The van der Waals surface area contributed by atoms with E-state index in [4.69, 9.17) is 0 Å². The van der Waals surface area contributed by atoms with Crippen molar-refractivity contribution in [2.24, 2.45) is 5.41 Å². The zero-order chi connectivity index (χ0) is 12.6. The summed E-state index contributed by atoms with van der Waals surface area (Å²) in [5, 5.41) is 14.2. The molecule has 0 aliphatic heterocycles. The van der Waals surface area contributed by atoms with Crippen LogP contribution in [0.2, 0.25) is 0 Å². The maximum atomic E-state index is 10.8. The summed E-state index contributed by atoms with van der Waals surface area (Å²) in [4.78, 5) is 10.4. The van der Waals surface area contributed by atoms with E-state index < -0.39 is 0 Å². The fraction of sp³-hybridized carbons (Fsp3) is 0.500. The first-order valence-electron chi connectivity index (χ1n) is 5.57. The van der Waals surface area contributed by atoms with Crippen LogP contribution < -0.4 is 5.32 Å². The molecule has 1 aromatic carbocycles. The molecule has 1 aliphatic carbocycles. The molecule has 92 valence electrons. The highest BCUT2D eigenvalue weighted by molar-refractivity contribution is 9.10. The summed E-state index contributed by atoms with van der Waals surface area (Å²) in [5.74, 6) is 0. The van der Waals surface area contributed by atoms with Gasteiger partial charge in [-0.2, -0.15) is 0 Å². The Kier molecular flexibility index (Phi) is 3.23. The minimum atomic E-state index is -0.366. The van der Waals surface area contributed by atoms with Crippen molar-refractivity contribution < 1.29 is 4.92 Å². The first kappa shape index (κ1) is 12.5. The Morgan fingerprint density at radius 3 is 2.76 bits per heavy atom. The van der Waals surface area contributed by atoms with E-state index >= 15 is 0 Å². The normalized spacial score (nSPS) is 21.2. The number of nitro benzene ring substituents is 1. The van der Waals surface area contributed by atoms with Gasteiger partial charge in [-0.25, -0.2) is 0 Å². The van der Waals surface area contributed by atoms with E-state index in [0.717, 1.165) is 5.56 Å². The zero-order valence-corrected chi connectivity index (χ0v) is 11.5. The Labute approximate surface area is 109 Å². The van der Waals surface area contributed by atoms with Crippen molar-refractivity contribution >= 4 is 21.6 Å². The van der Waals surface area contributed by atoms with Crippen LogP contribution in [0.3, 0.4) is 0 Å². The van der Waals surface area contributed by atoms with Crippen LogP contribution in [0.4, 0.5) is 5.69 Å². The van der Waals surface area contributed by atoms with E-state index in [-0.39, 0.29) is 10.6 Å². The van der Waals surface area contributed by atoms with Crippen LogP contribution in [-0.4, -0.2) is 11.0 Å². The smallest absolute Gasteiger partial charge is 0.283 e. The molecule has 1 atom stereocenters. The highest BCUT2D eigenvalue weighted by atomic mass is 79.9. The second kappa shape index (κ2) is 4.38. The second-order valence-electron chi connectivity index (χ2n) is 5.13. The van der Waals surface area contributed by atoms with E-state index in [1.807, 2.05) is 6.07 Å². The standard InChI is InChI=1S/C12H15BrN2O2/c1-12(2)6-10(12)14-7-8-4-3-5-9(11(8)13)15(16)17/h3-5,10,14H,6-7H2,1-2H3. The predicted molar refractivity (Wildman–Crippen MR) is 69.8 cm³/mol. The van der Waals surface area contributed by atoms with Gasteiger partial charge < -0.3 is 5.32 Å². The number of benzene rings is 1. The van der Waals surface area contributed by atoms with Gasteiger partial charge in [-0.05, 0) is 33.3 Å². The number of nitro groups is 1. The molecule has 0 spiro atoms. The lowest BCUT2D eigenvalue weighted by molar-refractivity contribution is -0.385. The van der Waals surface area contributed by atoms with E-state index in [2.05, 4.69) is 35.1 Å². The first-order chi connectivity index (χ1) is 7.92. The van der Waals surface area contributed by atoms with Gasteiger partial charge in [0.25, 0.3) is 5.69 Å². The van der Waals surface area contributed by atoms with Crippen molar-refractivity contribution in [3.05, 3.63) is 38.3 Å². The third-order valence-corrected chi connectivity index (χ3v) is 4.22. The summed E-state index contributed by atoms with van der Waals surface area (Å²) in [6.45, 7) is 5.09. The lowest BCUT2D eigenvalue weighted by atomic mass is 10.1. The number of hydrogen-bond acceptors (Lipinski definition) is 3. The molecule has 5 heteroatoms. The van der Waals surface area contributed by atoms with Crippen LogP contribution >= 0.6 is 15.9 Å². The monoisotopic (exact) mass is 298 g/mol. The second-order valence-corrected chi connectivity index (χ2v) is 5.93. The minimum absolute atomic E-state index is 0.124. The summed E-state index contributed by atoms with van der Waals surface area (Å²) in [6.07, 6.45) is 1.17. The molecule has 4 nitrogen and oxygen atoms in total. The molecule has 0 radical (unpaired) electrons. The maximum absolute atomic E-state index is 10.8. The van der Waals surface area contributed by atoms with E-state index in [0.29, 0.717) is 22.5 Å². The molecule has 0 amide bonds. The van der Waals surface area contributed by atoms with Gasteiger partial charge in [0.05, 0.1) is 9.40 Å². The Bertz CT molecular complexity index is 460. The quantitative estimate of drug-likeness (QED) is 0.686. The van der Waals surface area contributed by atoms with Crippen molar-refractivity contribution in [3.63, 3.8) is 0 Å². The molecule has 0 bridgehead atoms. The van der Waals surface area contributed by atoms with Crippen LogP contribution in [-0.2, 0) is 6.54 Å². The predicted octanol–water partition coefficient (Wildman–Crippen LogP) is 3.25. The zero-order valence-electron chi connectivity index (χ0n) is 9.87. The van der Waals surface area contributed by atoms with Crippen molar-refractivity contribution in [1.82, 2.24) is 5.32 Å². The van der Waals surface area contributed by atoms with Crippen molar-refractivity contribution in [1.29, 1.82) is 0 Å². The van der Waals surface area contributed by atoms with E-state index in [9.17, 15) is 10.1 Å². The molecular formula is C12H15BrN2O2. The number of nitrogens with one attached hydrogen (secondary N) is 1. The fourth-order valence-corrected chi connectivity index (χ4v) is 2.44. The topological polar surface area (TPSA) is 55.2 Å². The largest absolute Gasteiger partial charge is 0.309 e. The molecule has 0 saturated heterocycles. The van der Waals surface area contributed by atoms with E-state index in [1.54, 1.807) is 6.07 Å². The van der Waals surface area contributed by atoms with Crippen LogP contribution in [0.5, 0.6) is 0 Å². The van der Waals surface area contributed by atoms with Gasteiger partial charge in [0, 0.05) is 18.7 Å². The summed E-state index contributed by atoms with van der Waals surface area (Å²) < 4.78 is 0.580. The average Bonchev–Trinajstić information content (AvgIpc) is 2.84. The fourth-order valence-electron chi connectivity index (χ4n) is 1.89. The maximum Gasteiger partial charge on any atom is 0.283 e. The molecule has 1 saturated carbocycles. The number of halogens is 1. The molecule has 1 unspecified atom stereocenters. The minimum Gasteiger partial charge on any atom is -0.309 e. The Morgan fingerprint density at radius 2 is 2.24 bits per heavy atom. The molecule has 0 heterocycles. The van der Waals surface area contributed by atoms with Gasteiger partial charge in [0.1, 0.15) is 0 Å².